The van der Waals surface area contributed by atoms with E-state index in [0.717, 1.165) is 13.2 Å². The topological polar surface area (TPSA) is 43.4 Å². The van der Waals surface area contributed by atoms with Crippen molar-refractivity contribution in [1.82, 2.24) is 0 Å². The van der Waals surface area contributed by atoms with E-state index in [1.807, 2.05) is 26.0 Å². The zero-order valence-electron chi connectivity index (χ0n) is 12.6. The van der Waals surface area contributed by atoms with Crippen LogP contribution in [0.25, 0.3) is 11.1 Å². The standard InChI is InChI=1S/C12H10.C4H10O.C2H2O2/c1-3-7-11(8-4-1)12-9-5-2-6-10-12;1-3-5-4-2;3-1-2-4/h1-10H;3-4H2,1-2H3;1-2H. The highest BCUT2D eigenvalue weighted by molar-refractivity contribution is 6.09. The molecular formula is C18H22O3. The van der Waals surface area contributed by atoms with Crippen molar-refractivity contribution in [2.45, 2.75) is 13.8 Å². The van der Waals surface area contributed by atoms with Gasteiger partial charge in [0.05, 0.1) is 0 Å². The van der Waals surface area contributed by atoms with E-state index >= 15 is 0 Å². The molecule has 0 unspecified atom stereocenters. The maximum absolute atomic E-state index is 8.81. The van der Waals surface area contributed by atoms with Gasteiger partial charge < -0.3 is 4.74 Å². The fourth-order valence-corrected chi connectivity index (χ4v) is 1.47. The van der Waals surface area contributed by atoms with Crippen LogP contribution in [0.4, 0.5) is 0 Å². The third kappa shape index (κ3) is 10.2. The molecular weight excluding hydrogens is 264 g/mol. The molecule has 0 atom stereocenters. The Hall–Kier alpha value is -2.26. The van der Waals surface area contributed by atoms with E-state index in [2.05, 4.69) is 48.5 Å². The maximum atomic E-state index is 8.81. The average Bonchev–Trinajstić information content (AvgIpc) is 2.58. The Labute approximate surface area is 126 Å². The lowest BCUT2D eigenvalue weighted by Gasteiger charge is -1.98. The molecule has 2 rings (SSSR count). The third-order valence-corrected chi connectivity index (χ3v) is 2.34. The normalized spacial score (nSPS) is 8.48. The molecule has 3 heteroatoms. The average molecular weight is 286 g/mol. The Kier molecular flexibility index (Phi) is 12.6. The Balaban J connectivity index is 0.000000374. The van der Waals surface area contributed by atoms with Gasteiger partial charge in [0.1, 0.15) is 0 Å². The summed E-state index contributed by atoms with van der Waals surface area (Å²) in [4.78, 5) is 17.6. The van der Waals surface area contributed by atoms with Crippen molar-refractivity contribution in [3.63, 3.8) is 0 Å². The van der Waals surface area contributed by atoms with Gasteiger partial charge in [-0.25, -0.2) is 0 Å². The first kappa shape index (κ1) is 18.7. The van der Waals surface area contributed by atoms with Gasteiger partial charge in [0.25, 0.3) is 0 Å². The zero-order valence-corrected chi connectivity index (χ0v) is 12.6. The van der Waals surface area contributed by atoms with Gasteiger partial charge in [0.2, 0.25) is 0 Å². The van der Waals surface area contributed by atoms with E-state index in [-0.39, 0.29) is 12.6 Å². The summed E-state index contributed by atoms with van der Waals surface area (Å²) in [5.41, 5.74) is 2.55. The van der Waals surface area contributed by atoms with Crippen LogP contribution >= 0.6 is 0 Å². The molecule has 2 aromatic carbocycles. The molecule has 0 aliphatic rings. The number of hydrogen-bond donors (Lipinski definition) is 0. The molecule has 0 amide bonds. The summed E-state index contributed by atoms with van der Waals surface area (Å²) in [6.07, 6.45) is 0.389. The van der Waals surface area contributed by atoms with Gasteiger partial charge in [-0.15, -0.1) is 0 Å². The van der Waals surface area contributed by atoms with E-state index in [1.165, 1.54) is 11.1 Å². The third-order valence-electron chi connectivity index (χ3n) is 2.34. The van der Waals surface area contributed by atoms with Crippen LogP contribution in [-0.4, -0.2) is 25.8 Å². The highest BCUT2D eigenvalue weighted by Gasteiger charge is 1.91. The lowest BCUT2D eigenvalue weighted by Crippen LogP contribution is -1.84. The van der Waals surface area contributed by atoms with E-state index in [4.69, 9.17) is 14.3 Å². The summed E-state index contributed by atoms with van der Waals surface area (Å²) in [6, 6.07) is 20.8. The minimum absolute atomic E-state index is 0.194. The van der Waals surface area contributed by atoms with Crippen molar-refractivity contribution in [3.05, 3.63) is 60.7 Å². The van der Waals surface area contributed by atoms with Crippen LogP contribution in [0.2, 0.25) is 0 Å². The van der Waals surface area contributed by atoms with Crippen molar-refractivity contribution in [1.29, 1.82) is 0 Å². The molecule has 0 saturated carbocycles. The number of benzene rings is 2. The Bertz CT molecular complexity index is 421. The van der Waals surface area contributed by atoms with E-state index in [0.29, 0.717) is 0 Å². The molecule has 112 valence electrons. The minimum atomic E-state index is 0.194. The number of ether oxygens (including phenoxy) is 1. The quantitative estimate of drug-likeness (QED) is 0.634. The summed E-state index contributed by atoms with van der Waals surface area (Å²) in [6.45, 7) is 5.67. The fourth-order valence-electron chi connectivity index (χ4n) is 1.47. The van der Waals surface area contributed by atoms with Crippen molar-refractivity contribution < 1.29 is 14.3 Å². The summed E-state index contributed by atoms with van der Waals surface area (Å²) in [5, 5.41) is 0. The maximum Gasteiger partial charge on any atom is 0.182 e. The molecule has 0 spiro atoms. The second kappa shape index (κ2) is 14.2. The second-order valence-electron chi connectivity index (χ2n) is 3.79. The lowest BCUT2D eigenvalue weighted by molar-refractivity contribution is -0.122. The zero-order chi connectivity index (χ0) is 15.8. The lowest BCUT2D eigenvalue weighted by atomic mass is 10.1. The van der Waals surface area contributed by atoms with Crippen LogP contribution in [0.3, 0.4) is 0 Å². The van der Waals surface area contributed by atoms with E-state index in [9.17, 15) is 0 Å². The summed E-state index contributed by atoms with van der Waals surface area (Å²) >= 11 is 0. The molecule has 0 aliphatic carbocycles. The molecule has 2 aromatic rings. The predicted octanol–water partition coefficient (Wildman–Crippen LogP) is 3.78. The van der Waals surface area contributed by atoms with Gasteiger partial charge in [-0.3, -0.25) is 9.59 Å². The van der Waals surface area contributed by atoms with Crippen molar-refractivity contribution in [3.8, 4) is 11.1 Å². The predicted molar refractivity (Wildman–Crippen MR) is 86.2 cm³/mol. The van der Waals surface area contributed by atoms with Gasteiger partial charge in [-0.1, -0.05) is 60.7 Å². The summed E-state index contributed by atoms with van der Waals surface area (Å²) in [7, 11) is 0. The highest BCUT2D eigenvalue weighted by Crippen LogP contribution is 2.17. The van der Waals surface area contributed by atoms with Crippen LogP contribution in [-0.2, 0) is 14.3 Å². The number of carbonyl (C=O) groups excluding carboxylic acids is 2. The Morgan fingerprint density at radius 2 is 1.05 bits per heavy atom. The summed E-state index contributed by atoms with van der Waals surface area (Å²) < 4.78 is 4.83. The van der Waals surface area contributed by atoms with Gasteiger partial charge in [-0.05, 0) is 25.0 Å². The molecule has 0 bridgehead atoms. The molecule has 0 saturated heterocycles. The molecule has 0 aliphatic heterocycles. The molecule has 0 aromatic heterocycles. The molecule has 3 nitrogen and oxygen atoms in total. The van der Waals surface area contributed by atoms with Crippen LogP contribution in [0.5, 0.6) is 0 Å². The Morgan fingerprint density at radius 1 is 0.714 bits per heavy atom. The van der Waals surface area contributed by atoms with Crippen molar-refractivity contribution >= 4 is 12.6 Å². The van der Waals surface area contributed by atoms with Gasteiger partial charge in [0.15, 0.2) is 12.6 Å². The first-order valence-corrected chi connectivity index (χ1v) is 6.87. The first-order chi connectivity index (χ1) is 10.3. The highest BCUT2D eigenvalue weighted by atomic mass is 16.5. The van der Waals surface area contributed by atoms with E-state index < -0.39 is 0 Å². The molecule has 0 heterocycles. The first-order valence-electron chi connectivity index (χ1n) is 6.87. The van der Waals surface area contributed by atoms with Crippen LogP contribution < -0.4 is 0 Å². The monoisotopic (exact) mass is 286 g/mol. The number of hydrogen-bond acceptors (Lipinski definition) is 3. The largest absolute Gasteiger partial charge is 0.382 e. The van der Waals surface area contributed by atoms with Gasteiger partial charge >= 0.3 is 0 Å². The van der Waals surface area contributed by atoms with Crippen molar-refractivity contribution in [2.24, 2.45) is 0 Å². The van der Waals surface area contributed by atoms with Crippen LogP contribution in [0.1, 0.15) is 13.8 Å². The van der Waals surface area contributed by atoms with Gasteiger partial charge in [0, 0.05) is 13.2 Å². The second-order valence-corrected chi connectivity index (χ2v) is 3.79. The van der Waals surface area contributed by atoms with Gasteiger partial charge in [-0.2, -0.15) is 0 Å². The SMILES string of the molecule is CCOCC.O=CC=O.c1ccc(-c2ccccc2)cc1. The molecule has 0 N–H and O–H groups in total. The number of aldehydes is 2. The molecule has 0 fully saturated rings. The summed E-state index contributed by atoms with van der Waals surface area (Å²) in [5.74, 6) is 0. The smallest absolute Gasteiger partial charge is 0.182 e. The van der Waals surface area contributed by atoms with Crippen LogP contribution in [0.15, 0.2) is 60.7 Å². The molecule has 0 radical (unpaired) electrons. The Morgan fingerprint density at radius 3 is 1.24 bits per heavy atom. The van der Waals surface area contributed by atoms with Crippen molar-refractivity contribution in [2.75, 3.05) is 13.2 Å². The number of carbonyl (C=O) groups is 2. The van der Waals surface area contributed by atoms with E-state index in [1.54, 1.807) is 0 Å². The minimum Gasteiger partial charge on any atom is -0.382 e. The van der Waals surface area contributed by atoms with Crippen LogP contribution in [0, 0.1) is 0 Å². The fraction of sp³-hybridized carbons (Fsp3) is 0.222. The molecule has 21 heavy (non-hydrogen) atoms. The number of rotatable bonds is 4.